The average molecular weight is 257 g/mol. The van der Waals surface area contributed by atoms with Crippen LogP contribution in [-0.4, -0.2) is 47.7 Å². The number of nitrogens with one attached hydrogen (secondary N) is 1. The van der Waals surface area contributed by atoms with Crippen molar-refractivity contribution < 1.29 is 14.4 Å². The van der Waals surface area contributed by atoms with E-state index in [1.54, 1.807) is 6.92 Å². The highest BCUT2D eigenvalue weighted by molar-refractivity contribution is 4.83. The molecule has 6 nitrogen and oxygen atoms in total. The standard InChI is InChI=1S/C12H23N3O3/c1-3-4-7-17-9-11(16)8-13-6-5-12-14-10(2)15-18-12/h11,13,16H,3-9H2,1-2H3. The number of aliphatic hydroxyl groups is 1. The number of ether oxygens (including phenoxy) is 1. The number of nitrogens with zero attached hydrogens (tertiary/aromatic N) is 2. The van der Waals surface area contributed by atoms with E-state index in [4.69, 9.17) is 9.26 Å². The minimum atomic E-state index is -0.466. The average Bonchev–Trinajstić information content (AvgIpc) is 2.76. The van der Waals surface area contributed by atoms with Crippen LogP contribution in [0.1, 0.15) is 31.5 Å². The van der Waals surface area contributed by atoms with Gasteiger partial charge in [0, 0.05) is 26.1 Å². The molecule has 0 spiro atoms. The summed E-state index contributed by atoms with van der Waals surface area (Å²) in [6, 6.07) is 0. The predicted molar refractivity (Wildman–Crippen MR) is 67.3 cm³/mol. The summed E-state index contributed by atoms with van der Waals surface area (Å²) in [6.07, 6.45) is 2.35. The fourth-order valence-corrected chi connectivity index (χ4v) is 1.43. The van der Waals surface area contributed by atoms with E-state index < -0.39 is 6.10 Å². The third-order valence-electron chi connectivity index (χ3n) is 2.42. The molecule has 0 aliphatic rings. The van der Waals surface area contributed by atoms with Gasteiger partial charge in [-0.25, -0.2) is 0 Å². The Hall–Kier alpha value is -0.980. The van der Waals surface area contributed by atoms with E-state index in [0.29, 0.717) is 37.8 Å². The number of aliphatic hydroxyl groups excluding tert-OH is 1. The molecule has 0 radical (unpaired) electrons. The second-order valence-corrected chi connectivity index (χ2v) is 4.27. The van der Waals surface area contributed by atoms with Crippen LogP contribution in [-0.2, 0) is 11.2 Å². The predicted octanol–water partition coefficient (Wildman–Crippen LogP) is 0.688. The molecule has 0 aliphatic carbocycles. The molecule has 0 saturated heterocycles. The highest BCUT2D eigenvalue weighted by atomic mass is 16.5. The van der Waals surface area contributed by atoms with Gasteiger partial charge in [-0.05, 0) is 13.3 Å². The van der Waals surface area contributed by atoms with E-state index in [0.717, 1.165) is 19.4 Å². The van der Waals surface area contributed by atoms with Gasteiger partial charge in [-0.3, -0.25) is 0 Å². The van der Waals surface area contributed by atoms with Gasteiger partial charge >= 0.3 is 0 Å². The lowest BCUT2D eigenvalue weighted by Crippen LogP contribution is -2.31. The zero-order valence-electron chi connectivity index (χ0n) is 11.2. The zero-order valence-corrected chi connectivity index (χ0v) is 11.2. The molecule has 1 heterocycles. The Balaban J connectivity index is 1.96. The highest BCUT2D eigenvalue weighted by Crippen LogP contribution is 1.95. The Morgan fingerprint density at radius 1 is 1.50 bits per heavy atom. The molecular formula is C12H23N3O3. The summed E-state index contributed by atoms with van der Waals surface area (Å²) in [5.74, 6) is 1.27. The van der Waals surface area contributed by atoms with Gasteiger partial charge in [-0.1, -0.05) is 18.5 Å². The minimum Gasteiger partial charge on any atom is -0.389 e. The number of hydrogen-bond donors (Lipinski definition) is 2. The fraction of sp³-hybridized carbons (Fsp3) is 0.833. The highest BCUT2D eigenvalue weighted by Gasteiger charge is 2.05. The van der Waals surface area contributed by atoms with E-state index in [-0.39, 0.29) is 0 Å². The number of aryl methyl sites for hydroxylation is 1. The van der Waals surface area contributed by atoms with Crippen LogP contribution in [0.2, 0.25) is 0 Å². The smallest absolute Gasteiger partial charge is 0.227 e. The Morgan fingerprint density at radius 2 is 2.33 bits per heavy atom. The molecule has 0 aromatic carbocycles. The third kappa shape index (κ3) is 6.68. The third-order valence-corrected chi connectivity index (χ3v) is 2.42. The normalized spacial score (nSPS) is 12.8. The number of hydrogen-bond acceptors (Lipinski definition) is 6. The fourth-order valence-electron chi connectivity index (χ4n) is 1.43. The lowest BCUT2D eigenvalue weighted by Gasteiger charge is -2.11. The van der Waals surface area contributed by atoms with Gasteiger partial charge in [0.15, 0.2) is 5.82 Å². The maximum absolute atomic E-state index is 9.61. The Kier molecular flexibility index (Phi) is 7.55. The molecule has 0 amide bonds. The first-order chi connectivity index (χ1) is 8.72. The van der Waals surface area contributed by atoms with Crippen molar-refractivity contribution in [2.75, 3.05) is 26.3 Å². The second kappa shape index (κ2) is 9.02. The molecule has 0 fully saturated rings. The van der Waals surface area contributed by atoms with Crippen LogP contribution in [0.4, 0.5) is 0 Å². The molecule has 0 saturated carbocycles. The number of aromatic nitrogens is 2. The molecule has 18 heavy (non-hydrogen) atoms. The first-order valence-corrected chi connectivity index (χ1v) is 6.48. The quantitative estimate of drug-likeness (QED) is 0.600. The van der Waals surface area contributed by atoms with E-state index in [2.05, 4.69) is 22.4 Å². The Labute approximate surface area is 108 Å². The molecule has 0 bridgehead atoms. The topological polar surface area (TPSA) is 80.4 Å². The van der Waals surface area contributed by atoms with E-state index in [1.165, 1.54) is 0 Å². The second-order valence-electron chi connectivity index (χ2n) is 4.27. The number of unbranched alkanes of at least 4 members (excludes halogenated alkanes) is 1. The van der Waals surface area contributed by atoms with Crippen LogP contribution in [0.3, 0.4) is 0 Å². The molecule has 2 N–H and O–H groups in total. The molecule has 1 atom stereocenters. The van der Waals surface area contributed by atoms with Crippen molar-refractivity contribution in [3.8, 4) is 0 Å². The van der Waals surface area contributed by atoms with Gasteiger partial charge in [-0.15, -0.1) is 0 Å². The van der Waals surface area contributed by atoms with Crippen LogP contribution < -0.4 is 5.32 Å². The van der Waals surface area contributed by atoms with Crippen LogP contribution >= 0.6 is 0 Å². The first kappa shape index (κ1) is 15.1. The van der Waals surface area contributed by atoms with Crippen molar-refractivity contribution in [2.24, 2.45) is 0 Å². The van der Waals surface area contributed by atoms with E-state index >= 15 is 0 Å². The van der Waals surface area contributed by atoms with Crippen molar-refractivity contribution in [2.45, 2.75) is 39.2 Å². The summed E-state index contributed by atoms with van der Waals surface area (Å²) in [4.78, 5) is 4.09. The summed E-state index contributed by atoms with van der Waals surface area (Å²) >= 11 is 0. The van der Waals surface area contributed by atoms with Gasteiger partial charge < -0.3 is 19.7 Å². The summed E-state index contributed by atoms with van der Waals surface area (Å²) < 4.78 is 10.3. The van der Waals surface area contributed by atoms with E-state index in [9.17, 15) is 5.11 Å². The van der Waals surface area contributed by atoms with Crippen molar-refractivity contribution in [1.82, 2.24) is 15.5 Å². The molecule has 6 heteroatoms. The number of rotatable bonds is 10. The van der Waals surface area contributed by atoms with Gasteiger partial charge in [0.1, 0.15) is 0 Å². The van der Waals surface area contributed by atoms with Gasteiger partial charge in [0.25, 0.3) is 0 Å². The Bertz CT molecular complexity index is 317. The van der Waals surface area contributed by atoms with Gasteiger partial charge in [-0.2, -0.15) is 4.98 Å². The SMILES string of the molecule is CCCCOCC(O)CNCCc1nc(C)no1. The largest absolute Gasteiger partial charge is 0.389 e. The lowest BCUT2D eigenvalue weighted by atomic mass is 10.3. The molecule has 104 valence electrons. The van der Waals surface area contributed by atoms with E-state index in [1.807, 2.05) is 0 Å². The minimum absolute atomic E-state index is 0.382. The summed E-state index contributed by atoms with van der Waals surface area (Å²) in [5.41, 5.74) is 0. The molecule has 1 aromatic heterocycles. The van der Waals surface area contributed by atoms with Crippen molar-refractivity contribution in [3.63, 3.8) is 0 Å². The monoisotopic (exact) mass is 257 g/mol. The molecule has 1 rings (SSSR count). The summed E-state index contributed by atoms with van der Waals surface area (Å²) in [7, 11) is 0. The van der Waals surface area contributed by atoms with Crippen LogP contribution in [0.25, 0.3) is 0 Å². The van der Waals surface area contributed by atoms with Gasteiger partial charge in [0.2, 0.25) is 5.89 Å². The zero-order chi connectivity index (χ0) is 13.2. The lowest BCUT2D eigenvalue weighted by molar-refractivity contribution is 0.0360. The summed E-state index contributed by atoms with van der Waals surface area (Å²) in [6.45, 7) is 6.22. The maximum atomic E-state index is 9.61. The van der Waals surface area contributed by atoms with Crippen LogP contribution in [0.15, 0.2) is 4.52 Å². The van der Waals surface area contributed by atoms with Gasteiger partial charge in [0.05, 0.1) is 12.7 Å². The van der Waals surface area contributed by atoms with Crippen LogP contribution in [0.5, 0.6) is 0 Å². The first-order valence-electron chi connectivity index (χ1n) is 6.48. The van der Waals surface area contributed by atoms with Crippen molar-refractivity contribution >= 4 is 0 Å². The Morgan fingerprint density at radius 3 is 3.00 bits per heavy atom. The molecule has 1 aromatic rings. The summed E-state index contributed by atoms with van der Waals surface area (Å²) in [5, 5.41) is 16.4. The molecule has 0 aliphatic heterocycles. The van der Waals surface area contributed by atoms with Crippen molar-refractivity contribution in [1.29, 1.82) is 0 Å². The maximum Gasteiger partial charge on any atom is 0.227 e. The molecular weight excluding hydrogens is 234 g/mol. The van der Waals surface area contributed by atoms with Crippen LogP contribution in [0, 0.1) is 6.92 Å². The molecule has 1 unspecified atom stereocenters. The van der Waals surface area contributed by atoms with Crippen molar-refractivity contribution in [3.05, 3.63) is 11.7 Å².